The SMILES string of the molecule is O=C(c1ccc2c(c1)OCCCO2)N1CCc2[nH]c3ccccc3c2C1. The number of para-hydroxylation sites is 1. The molecule has 5 nitrogen and oxygen atoms in total. The van der Waals surface area contributed by atoms with E-state index in [1.807, 2.05) is 35.2 Å². The van der Waals surface area contributed by atoms with Crippen LogP contribution >= 0.6 is 0 Å². The number of fused-ring (bicyclic) bond motifs is 4. The van der Waals surface area contributed by atoms with Crippen LogP contribution < -0.4 is 9.47 Å². The second kappa shape index (κ2) is 6.09. The first-order valence-corrected chi connectivity index (χ1v) is 9.07. The van der Waals surface area contributed by atoms with Crippen molar-refractivity contribution in [2.45, 2.75) is 19.4 Å². The number of rotatable bonds is 1. The third-order valence-electron chi connectivity index (χ3n) is 5.16. The van der Waals surface area contributed by atoms with Crippen LogP contribution in [0.2, 0.25) is 0 Å². The predicted molar refractivity (Wildman–Crippen MR) is 98.8 cm³/mol. The second-order valence-corrected chi connectivity index (χ2v) is 6.82. The highest BCUT2D eigenvalue weighted by Crippen LogP contribution is 2.32. The van der Waals surface area contributed by atoms with Crippen LogP contribution in [0.1, 0.15) is 28.0 Å². The molecule has 26 heavy (non-hydrogen) atoms. The van der Waals surface area contributed by atoms with Crippen LogP contribution in [0.15, 0.2) is 42.5 Å². The van der Waals surface area contributed by atoms with E-state index in [1.165, 1.54) is 16.6 Å². The van der Waals surface area contributed by atoms with Gasteiger partial charge in [-0.3, -0.25) is 4.79 Å². The van der Waals surface area contributed by atoms with E-state index < -0.39 is 0 Å². The number of nitrogens with one attached hydrogen (secondary N) is 1. The molecule has 0 saturated heterocycles. The van der Waals surface area contributed by atoms with Crippen molar-refractivity contribution in [3.05, 3.63) is 59.3 Å². The number of aromatic nitrogens is 1. The van der Waals surface area contributed by atoms with Gasteiger partial charge in [0, 0.05) is 53.7 Å². The normalized spacial score (nSPS) is 16.2. The zero-order valence-electron chi connectivity index (χ0n) is 14.5. The van der Waals surface area contributed by atoms with E-state index in [0.717, 1.165) is 24.1 Å². The summed E-state index contributed by atoms with van der Waals surface area (Å²) >= 11 is 0. The van der Waals surface area contributed by atoms with E-state index in [1.54, 1.807) is 0 Å². The van der Waals surface area contributed by atoms with Gasteiger partial charge in [-0.15, -0.1) is 0 Å². The Morgan fingerprint density at radius 3 is 2.81 bits per heavy atom. The number of benzene rings is 2. The molecule has 2 aromatic carbocycles. The van der Waals surface area contributed by atoms with Crippen molar-refractivity contribution in [1.82, 2.24) is 9.88 Å². The minimum Gasteiger partial charge on any atom is -0.490 e. The third-order valence-corrected chi connectivity index (χ3v) is 5.16. The highest BCUT2D eigenvalue weighted by Gasteiger charge is 2.25. The Bertz CT molecular complexity index is 992. The lowest BCUT2D eigenvalue weighted by Gasteiger charge is -2.27. The Morgan fingerprint density at radius 1 is 1.04 bits per heavy atom. The smallest absolute Gasteiger partial charge is 0.254 e. The van der Waals surface area contributed by atoms with Crippen molar-refractivity contribution >= 4 is 16.8 Å². The number of amides is 1. The molecule has 1 amide bonds. The summed E-state index contributed by atoms with van der Waals surface area (Å²) in [6, 6.07) is 13.8. The summed E-state index contributed by atoms with van der Waals surface area (Å²) in [5.74, 6) is 1.42. The molecule has 3 aromatic rings. The Balaban J connectivity index is 1.44. The minimum atomic E-state index is 0.0385. The zero-order chi connectivity index (χ0) is 17.5. The van der Waals surface area contributed by atoms with Crippen LogP contribution in [0.5, 0.6) is 11.5 Å². The average Bonchev–Trinajstić information content (AvgIpc) is 2.88. The largest absolute Gasteiger partial charge is 0.490 e. The topological polar surface area (TPSA) is 54.6 Å². The first-order chi connectivity index (χ1) is 12.8. The molecule has 0 saturated carbocycles. The fourth-order valence-corrected chi connectivity index (χ4v) is 3.82. The molecule has 0 fully saturated rings. The van der Waals surface area contributed by atoms with Crippen LogP contribution in [-0.2, 0) is 13.0 Å². The summed E-state index contributed by atoms with van der Waals surface area (Å²) in [5, 5.41) is 1.21. The summed E-state index contributed by atoms with van der Waals surface area (Å²) in [7, 11) is 0. The number of nitrogens with zero attached hydrogens (tertiary/aromatic N) is 1. The molecule has 0 spiro atoms. The molecule has 1 aromatic heterocycles. The van der Waals surface area contributed by atoms with Crippen molar-refractivity contribution in [2.75, 3.05) is 19.8 Å². The molecular formula is C21H20N2O3. The molecule has 132 valence electrons. The molecule has 2 aliphatic heterocycles. The van der Waals surface area contributed by atoms with Gasteiger partial charge in [0.15, 0.2) is 11.5 Å². The number of carbonyl (C=O) groups is 1. The maximum absolute atomic E-state index is 13.1. The molecule has 1 N–H and O–H groups in total. The molecule has 3 heterocycles. The van der Waals surface area contributed by atoms with E-state index in [0.29, 0.717) is 37.6 Å². The summed E-state index contributed by atoms with van der Waals surface area (Å²) in [6.07, 6.45) is 1.70. The van der Waals surface area contributed by atoms with Crippen molar-refractivity contribution in [2.24, 2.45) is 0 Å². The highest BCUT2D eigenvalue weighted by molar-refractivity contribution is 5.95. The predicted octanol–water partition coefficient (Wildman–Crippen LogP) is 3.53. The molecule has 0 atom stereocenters. The van der Waals surface area contributed by atoms with Gasteiger partial charge in [0.25, 0.3) is 5.91 Å². The number of aromatic amines is 1. The van der Waals surface area contributed by atoms with Crippen molar-refractivity contribution in [1.29, 1.82) is 0 Å². The van der Waals surface area contributed by atoms with E-state index in [9.17, 15) is 4.79 Å². The molecule has 2 aliphatic rings. The quantitative estimate of drug-likeness (QED) is 0.732. The van der Waals surface area contributed by atoms with Gasteiger partial charge in [0.05, 0.1) is 13.2 Å². The summed E-state index contributed by atoms with van der Waals surface area (Å²) < 4.78 is 11.4. The van der Waals surface area contributed by atoms with Crippen LogP contribution in [-0.4, -0.2) is 35.5 Å². The molecule has 5 rings (SSSR count). The average molecular weight is 348 g/mol. The van der Waals surface area contributed by atoms with E-state index in [2.05, 4.69) is 17.1 Å². The first kappa shape index (κ1) is 15.3. The van der Waals surface area contributed by atoms with Gasteiger partial charge in [-0.1, -0.05) is 18.2 Å². The summed E-state index contributed by atoms with van der Waals surface area (Å²) in [5.41, 5.74) is 4.27. The lowest BCUT2D eigenvalue weighted by Crippen LogP contribution is -2.35. The maximum atomic E-state index is 13.1. The van der Waals surface area contributed by atoms with Gasteiger partial charge in [-0.05, 0) is 24.3 Å². The van der Waals surface area contributed by atoms with E-state index >= 15 is 0 Å². The van der Waals surface area contributed by atoms with Gasteiger partial charge in [-0.25, -0.2) is 0 Å². The lowest BCUT2D eigenvalue weighted by molar-refractivity contribution is 0.0734. The standard InChI is InChI=1S/C21H20N2O3/c24-21(14-6-7-19-20(12-14)26-11-3-10-25-19)23-9-8-18-16(13-23)15-4-1-2-5-17(15)22-18/h1-2,4-7,12,22H,3,8-11,13H2. The Morgan fingerprint density at radius 2 is 1.88 bits per heavy atom. The lowest BCUT2D eigenvalue weighted by atomic mass is 10.0. The molecule has 0 unspecified atom stereocenters. The summed E-state index contributed by atoms with van der Waals surface area (Å²) in [4.78, 5) is 18.5. The first-order valence-electron chi connectivity index (χ1n) is 9.07. The molecule has 0 bridgehead atoms. The van der Waals surface area contributed by atoms with Gasteiger partial charge >= 0.3 is 0 Å². The number of hydrogen-bond acceptors (Lipinski definition) is 3. The van der Waals surface area contributed by atoms with Crippen molar-refractivity contribution in [3.8, 4) is 11.5 Å². The van der Waals surface area contributed by atoms with Gasteiger partial charge in [0.1, 0.15) is 0 Å². The van der Waals surface area contributed by atoms with E-state index in [-0.39, 0.29) is 5.91 Å². The van der Waals surface area contributed by atoms with Crippen molar-refractivity contribution < 1.29 is 14.3 Å². The van der Waals surface area contributed by atoms with Crippen molar-refractivity contribution in [3.63, 3.8) is 0 Å². The minimum absolute atomic E-state index is 0.0385. The fraction of sp³-hybridized carbons (Fsp3) is 0.286. The highest BCUT2D eigenvalue weighted by atomic mass is 16.5. The van der Waals surface area contributed by atoms with Gasteiger partial charge in [0.2, 0.25) is 0 Å². The second-order valence-electron chi connectivity index (χ2n) is 6.82. The molecule has 5 heteroatoms. The monoisotopic (exact) mass is 348 g/mol. The number of ether oxygens (including phenoxy) is 2. The van der Waals surface area contributed by atoms with E-state index in [4.69, 9.17) is 9.47 Å². The van der Waals surface area contributed by atoms with Crippen LogP contribution in [0.3, 0.4) is 0 Å². The number of hydrogen-bond donors (Lipinski definition) is 1. The van der Waals surface area contributed by atoms with Crippen LogP contribution in [0.25, 0.3) is 10.9 Å². The molecular weight excluding hydrogens is 328 g/mol. The van der Waals surface area contributed by atoms with Gasteiger partial charge < -0.3 is 19.4 Å². The Labute approximate surface area is 151 Å². The summed E-state index contributed by atoms with van der Waals surface area (Å²) in [6.45, 7) is 2.61. The maximum Gasteiger partial charge on any atom is 0.254 e. The third kappa shape index (κ3) is 2.51. The van der Waals surface area contributed by atoms with Crippen LogP contribution in [0.4, 0.5) is 0 Å². The molecule has 0 aliphatic carbocycles. The number of H-pyrrole nitrogens is 1. The Kier molecular flexibility index (Phi) is 3.59. The number of carbonyl (C=O) groups excluding carboxylic acids is 1. The van der Waals surface area contributed by atoms with Gasteiger partial charge in [-0.2, -0.15) is 0 Å². The Hall–Kier alpha value is -2.95. The zero-order valence-corrected chi connectivity index (χ0v) is 14.5. The molecule has 0 radical (unpaired) electrons. The van der Waals surface area contributed by atoms with Crippen LogP contribution in [0, 0.1) is 0 Å². The fourth-order valence-electron chi connectivity index (χ4n) is 3.82.